The molecule has 2 atom stereocenters. The summed E-state index contributed by atoms with van der Waals surface area (Å²) in [4.78, 5) is 14.8. The molecule has 0 aromatic heterocycles. The third-order valence-electron chi connectivity index (χ3n) is 6.03. The van der Waals surface area contributed by atoms with Crippen molar-refractivity contribution in [1.82, 2.24) is 10.2 Å². The summed E-state index contributed by atoms with van der Waals surface area (Å²) in [6.45, 7) is 4.23. The van der Waals surface area contributed by atoms with Gasteiger partial charge < -0.3 is 15.3 Å². The highest BCUT2D eigenvalue weighted by molar-refractivity contribution is 5.94. The molecule has 27 heavy (non-hydrogen) atoms. The first-order valence-corrected chi connectivity index (χ1v) is 10.0. The third-order valence-corrected chi connectivity index (χ3v) is 6.03. The molecule has 4 rings (SSSR count). The number of piperidine rings is 1. The lowest BCUT2D eigenvalue weighted by Crippen LogP contribution is -2.39. The van der Waals surface area contributed by atoms with Crippen LogP contribution in [0.15, 0.2) is 54.6 Å². The molecule has 2 unspecified atom stereocenters. The van der Waals surface area contributed by atoms with Crippen LogP contribution in [0.4, 0.5) is 0 Å². The van der Waals surface area contributed by atoms with E-state index in [1.54, 1.807) is 24.3 Å². The summed E-state index contributed by atoms with van der Waals surface area (Å²) < 4.78 is 0. The van der Waals surface area contributed by atoms with Gasteiger partial charge in [0.15, 0.2) is 0 Å². The quantitative estimate of drug-likeness (QED) is 0.823. The third kappa shape index (κ3) is 4.69. The van der Waals surface area contributed by atoms with Crippen LogP contribution in [0.2, 0.25) is 0 Å². The summed E-state index contributed by atoms with van der Waals surface area (Å²) >= 11 is 0. The van der Waals surface area contributed by atoms with Crippen molar-refractivity contribution in [2.45, 2.75) is 25.2 Å². The normalized spacial score (nSPS) is 23.1. The predicted octanol–water partition coefficient (Wildman–Crippen LogP) is 3.64. The fourth-order valence-electron chi connectivity index (χ4n) is 4.21. The van der Waals surface area contributed by atoms with Crippen LogP contribution in [0, 0.1) is 11.8 Å². The number of hydrogen-bond acceptors (Lipinski definition) is 3. The second kappa shape index (κ2) is 8.13. The van der Waals surface area contributed by atoms with Crippen molar-refractivity contribution in [3.63, 3.8) is 0 Å². The first-order chi connectivity index (χ1) is 13.2. The largest absolute Gasteiger partial charge is 0.508 e. The number of amides is 1. The Kier molecular flexibility index (Phi) is 5.44. The van der Waals surface area contributed by atoms with Crippen LogP contribution in [0.3, 0.4) is 0 Å². The molecule has 0 bridgehead atoms. The van der Waals surface area contributed by atoms with Crippen molar-refractivity contribution >= 4 is 5.91 Å². The number of carbonyl (C=O) groups excluding carboxylic acids is 1. The molecule has 1 aliphatic heterocycles. The summed E-state index contributed by atoms with van der Waals surface area (Å²) in [6.07, 6.45) is 3.63. The van der Waals surface area contributed by atoms with Gasteiger partial charge in [0.1, 0.15) is 5.75 Å². The molecule has 0 radical (unpaired) electrons. The van der Waals surface area contributed by atoms with Crippen LogP contribution in [0.1, 0.15) is 41.1 Å². The number of nitrogens with one attached hydrogen (secondary N) is 1. The summed E-state index contributed by atoms with van der Waals surface area (Å²) in [7, 11) is 0. The van der Waals surface area contributed by atoms with Crippen LogP contribution in [-0.2, 0) is 0 Å². The van der Waals surface area contributed by atoms with Gasteiger partial charge >= 0.3 is 0 Å². The molecule has 1 saturated carbocycles. The van der Waals surface area contributed by atoms with Gasteiger partial charge in [0.05, 0.1) is 0 Å². The molecule has 1 heterocycles. The number of carbonyl (C=O) groups is 1. The fourth-order valence-corrected chi connectivity index (χ4v) is 4.21. The van der Waals surface area contributed by atoms with Crippen molar-refractivity contribution < 1.29 is 9.90 Å². The number of nitrogens with zero attached hydrogens (tertiary/aromatic N) is 1. The van der Waals surface area contributed by atoms with E-state index in [0.29, 0.717) is 11.5 Å². The van der Waals surface area contributed by atoms with E-state index in [4.69, 9.17) is 0 Å². The Bertz CT molecular complexity index is 752. The van der Waals surface area contributed by atoms with Crippen molar-refractivity contribution in [2.75, 3.05) is 26.2 Å². The van der Waals surface area contributed by atoms with E-state index in [1.165, 1.54) is 18.5 Å². The first kappa shape index (κ1) is 18.1. The van der Waals surface area contributed by atoms with E-state index >= 15 is 0 Å². The molecule has 2 N–H and O–H groups in total. The molecule has 0 spiro atoms. The van der Waals surface area contributed by atoms with Gasteiger partial charge in [0, 0.05) is 18.7 Å². The van der Waals surface area contributed by atoms with Crippen molar-refractivity contribution in [2.24, 2.45) is 11.8 Å². The number of benzene rings is 2. The monoisotopic (exact) mass is 364 g/mol. The molecule has 4 nitrogen and oxygen atoms in total. The van der Waals surface area contributed by atoms with E-state index in [0.717, 1.165) is 44.3 Å². The van der Waals surface area contributed by atoms with Crippen LogP contribution in [0.5, 0.6) is 5.75 Å². The van der Waals surface area contributed by atoms with Gasteiger partial charge in [0.25, 0.3) is 5.91 Å². The van der Waals surface area contributed by atoms with E-state index < -0.39 is 0 Å². The highest BCUT2D eigenvalue weighted by Crippen LogP contribution is 2.47. The molecule has 142 valence electrons. The molecular formula is C23H28N2O2. The maximum Gasteiger partial charge on any atom is 0.251 e. The minimum absolute atomic E-state index is 0.0545. The van der Waals surface area contributed by atoms with E-state index in [2.05, 4.69) is 40.5 Å². The molecule has 1 saturated heterocycles. The molecule has 1 amide bonds. The van der Waals surface area contributed by atoms with Gasteiger partial charge in [-0.05, 0) is 79.9 Å². The van der Waals surface area contributed by atoms with Gasteiger partial charge in [-0.1, -0.05) is 30.3 Å². The van der Waals surface area contributed by atoms with E-state index in [1.807, 2.05) is 0 Å². The number of phenols is 1. The maximum absolute atomic E-state index is 12.2. The highest BCUT2D eigenvalue weighted by Gasteiger charge is 2.39. The predicted molar refractivity (Wildman–Crippen MR) is 107 cm³/mol. The van der Waals surface area contributed by atoms with Crippen molar-refractivity contribution in [1.29, 1.82) is 0 Å². The molecule has 2 aromatic carbocycles. The molecule has 2 aromatic rings. The maximum atomic E-state index is 12.2. The zero-order valence-corrected chi connectivity index (χ0v) is 15.7. The van der Waals surface area contributed by atoms with Crippen LogP contribution >= 0.6 is 0 Å². The van der Waals surface area contributed by atoms with Gasteiger partial charge in [-0.3, -0.25) is 4.79 Å². The van der Waals surface area contributed by atoms with Gasteiger partial charge in [-0.15, -0.1) is 0 Å². The highest BCUT2D eigenvalue weighted by atomic mass is 16.3. The van der Waals surface area contributed by atoms with Crippen molar-refractivity contribution in [3.8, 4) is 5.75 Å². The number of aromatic hydroxyl groups is 1. The van der Waals surface area contributed by atoms with E-state index in [9.17, 15) is 9.90 Å². The topological polar surface area (TPSA) is 52.6 Å². The molecule has 4 heteroatoms. The van der Waals surface area contributed by atoms with Gasteiger partial charge in [-0.25, -0.2) is 0 Å². The lowest BCUT2D eigenvalue weighted by Gasteiger charge is -2.32. The smallest absolute Gasteiger partial charge is 0.251 e. The molecular weight excluding hydrogens is 336 g/mol. The summed E-state index contributed by atoms with van der Waals surface area (Å²) in [5, 5.41) is 12.4. The van der Waals surface area contributed by atoms with Crippen LogP contribution in [0.25, 0.3) is 0 Å². The number of phenolic OH excluding ortho intramolecular Hbond substituents is 1. The van der Waals surface area contributed by atoms with E-state index in [-0.39, 0.29) is 11.7 Å². The fraction of sp³-hybridized carbons (Fsp3) is 0.435. The lowest BCUT2D eigenvalue weighted by molar-refractivity contribution is 0.0935. The summed E-state index contributed by atoms with van der Waals surface area (Å²) in [5.74, 6) is 2.27. The Hall–Kier alpha value is -2.33. The lowest BCUT2D eigenvalue weighted by atomic mass is 9.96. The molecule has 1 aliphatic carbocycles. The minimum atomic E-state index is -0.0545. The molecule has 2 fully saturated rings. The summed E-state index contributed by atoms with van der Waals surface area (Å²) in [5.41, 5.74) is 2.10. The van der Waals surface area contributed by atoms with Gasteiger partial charge in [-0.2, -0.15) is 0 Å². The average Bonchev–Trinajstić information content (AvgIpc) is 3.47. The first-order valence-electron chi connectivity index (χ1n) is 10.0. The second-order valence-electron chi connectivity index (χ2n) is 8.01. The zero-order valence-electron chi connectivity index (χ0n) is 15.7. The Labute approximate surface area is 161 Å². The average molecular weight is 364 g/mol. The Balaban J connectivity index is 1.16. The zero-order chi connectivity index (χ0) is 18.6. The van der Waals surface area contributed by atoms with Crippen LogP contribution < -0.4 is 5.32 Å². The van der Waals surface area contributed by atoms with Crippen molar-refractivity contribution in [3.05, 3.63) is 65.7 Å². The number of hydrogen-bond donors (Lipinski definition) is 2. The Morgan fingerprint density at radius 1 is 1.04 bits per heavy atom. The SMILES string of the molecule is O=C(NCC1CCN(CC2CC2c2ccccc2)CC1)c1ccc(O)cc1. The number of rotatable bonds is 6. The minimum Gasteiger partial charge on any atom is -0.508 e. The van der Waals surface area contributed by atoms with Crippen LogP contribution in [-0.4, -0.2) is 42.1 Å². The molecule has 2 aliphatic rings. The Morgan fingerprint density at radius 3 is 2.44 bits per heavy atom. The standard InChI is InChI=1S/C23H28N2O2/c26-21-8-6-19(7-9-21)23(27)24-15-17-10-12-25(13-11-17)16-20-14-22(20)18-4-2-1-3-5-18/h1-9,17,20,22,26H,10-16H2,(H,24,27). The Morgan fingerprint density at radius 2 is 1.74 bits per heavy atom. The second-order valence-corrected chi connectivity index (χ2v) is 8.01. The number of likely N-dealkylation sites (tertiary alicyclic amines) is 1. The summed E-state index contributed by atoms with van der Waals surface area (Å²) in [6, 6.07) is 17.3. The van der Waals surface area contributed by atoms with Gasteiger partial charge in [0.2, 0.25) is 0 Å².